The number of amides is 1. The molecule has 2 aromatic heterocycles. The molecular weight excluding hydrogens is 472 g/mol. The molecule has 3 aromatic rings. The van der Waals surface area contributed by atoms with Gasteiger partial charge in [0.05, 0.1) is 11.3 Å². The molecule has 35 heavy (non-hydrogen) atoms. The van der Waals surface area contributed by atoms with Gasteiger partial charge in [0, 0.05) is 44.0 Å². The number of rotatable bonds is 6. The summed E-state index contributed by atoms with van der Waals surface area (Å²) in [5, 5.41) is 11.0. The van der Waals surface area contributed by atoms with Gasteiger partial charge in [0.25, 0.3) is 5.91 Å². The standard InChI is InChI=1S/C22H20F4N6O3/c23-13-2-1-3-14(10-13)35-17-11-16(22(24,25)26)30-20(31-17)32-8-4-21(34,5-9-32)12-15-18(19(27)33)29-7-6-28-15/h1-3,6-7,10-11,34H,4-5,8-9,12H2,(H2,27,33). The van der Waals surface area contributed by atoms with Crippen LogP contribution in [0.3, 0.4) is 0 Å². The minimum Gasteiger partial charge on any atom is -0.439 e. The number of ether oxygens (including phenoxy) is 1. The minimum absolute atomic E-state index is 0.00959. The monoisotopic (exact) mass is 492 g/mol. The molecule has 1 aliphatic rings. The molecule has 1 amide bonds. The zero-order valence-corrected chi connectivity index (χ0v) is 18.2. The van der Waals surface area contributed by atoms with E-state index in [-0.39, 0.29) is 55.4 Å². The van der Waals surface area contributed by atoms with Crippen molar-refractivity contribution in [1.82, 2.24) is 19.9 Å². The van der Waals surface area contributed by atoms with Gasteiger partial charge >= 0.3 is 6.18 Å². The van der Waals surface area contributed by atoms with Crippen molar-refractivity contribution >= 4 is 11.9 Å². The molecule has 13 heteroatoms. The number of halogens is 4. The van der Waals surface area contributed by atoms with Crippen molar-refractivity contribution < 1.29 is 32.2 Å². The summed E-state index contributed by atoms with van der Waals surface area (Å²) in [5.41, 5.74) is 2.98. The van der Waals surface area contributed by atoms with Gasteiger partial charge in [-0.15, -0.1) is 0 Å². The van der Waals surface area contributed by atoms with E-state index in [9.17, 15) is 27.5 Å². The van der Waals surface area contributed by atoms with Crippen LogP contribution < -0.4 is 15.4 Å². The lowest BCUT2D eigenvalue weighted by molar-refractivity contribution is -0.141. The van der Waals surface area contributed by atoms with Crippen LogP contribution in [0.15, 0.2) is 42.7 Å². The van der Waals surface area contributed by atoms with E-state index in [4.69, 9.17) is 10.5 Å². The number of aromatic nitrogens is 4. The number of hydrogen-bond donors (Lipinski definition) is 2. The first-order chi connectivity index (χ1) is 16.5. The first-order valence-corrected chi connectivity index (χ1v) is 10.5. The summed E-state index contributed by atoms with van der Waals surface area (Å²) in [7, 11) is 0. The largest absolute Gasteiger partial charge is 0.439 e. The molecule has 4 rings (SSSR count). The molecule has 1 aromatic carbocycles. The number of nitrogens with two attached hydrogens (primary N) is 1. The number of primary amides is 1. The maximum absolute atomic E-state index is 13.5. The summed E-state index contributed by atoms with van der Waals surface area (Å²) < 4.78 is 59.2. The van der Waals surface area contributed by atoms with Gasteiger partial charge in [-0.25, -0.2) is 14.4 Å². The van der Waals surface area contributed by atoms with Gasteiger partial charge in [-0.05, 0) is 25.0 Å². The summed E-state index contributed by atoms with van der Waals surface area (Å²) in [5.74, 6) is -2.07. The van der Waals surface area contributed by atoms with Crippen LogP contribution in [0.5, 0.6) is 11.6 Å². The minimum atomic E-state index is -4.77. The quantitative estimate of drug-likeness (QED) is 0.503. The normalized spacial score (nSPS) is 15.6. The highest BCUT2D eigenvalue weighted by Gasteiger charge is 2.38. The fraction of sp³-hybridized carbons (Fsp3) is 0.318. The Morgan fingerprint density at radius 2 is 1.86 bits per heavy atom. The number of carbonyl (C=O) groups is 1. The molecule has 3 N–H and O–H groups in total. The molecule has 0 unspecified atom stereocenters. The number of anilines is 1. The number of nitrogens with zero attached hydrogens (tertiary/aromatic N) is 5. The Labute approximate surface area is 196 Å². The lowest BCUT2D eigenvalue weighted by atomic mass is 9.86. The molecule has 1 fully saturated rings. The molecule has 1 saturated heterocycles. The molecule has 0 aliphatic carbocycles. The second-order valence-electron chi connectivity index (χ2n) is 8.05. The van der Waals surface area contributed by atoms with Gasteiger partial charge in [0.1, 0.15) is 17.3 Å². The van der Waals surface area contributed by atoms with Crippen LogP contribution >= 0.6 is 0 Å². The van der Waals surface area contributed by atoms with Crippen LogP contribution in [0.2, 0.25) is 0 Å². The number of piperidine rings is 1. The number of carbonyl (C=O) groups excluding carboxylic acids is 1. The zero-order valence-electron chi connectivity index (χ0n) is 18.2. The maximum Gasteiger partial charge on any atom is 0.433 e. The van der Waals surface area contributed by atoms with E-state index in [0.717, 1.165) is 6.07 Å². The average Bonchev–Trinajstić information content (AvgIpc) is 2.79. The molecule has 3 heterocycles. The van der Waals surface area contributed by atoms with E-state index in [1.807, 2.05) is 0 Å². The fourth-order valence-corrected chi connectivity index (χ4v) is 3.72. The number of alkyl halides is 3. The first-order valence-electron chi connectivity index (χ1n) is 10.5. The molecule has 1 aliphatic heterocycles. The van der Waals surface area contributed by atoms with Crippen LogP contribution in [-0.4, -0.2) is 49.6 Å². The Kier molecular flexibility index (Phi) is 6.52. The number of aliphatic hydroxyl groups is 1. The van der Waals surface area contributed by atoms with Crippen molar-refractivity contribution in [2.75, 3.05) is 18.0 Å². The van der Waals surface area contributed by atoms with E-state index in [1.54, 1.807) is 0 Å². The summed E-state index contributed by atoms with van der Waals surface area (Å²) in [6.45, 7) is 0.229. The van der Waals surface area contributed by atoms with Gasteiger partial charge in [0.15, 0.2) is 5.69 Å². The topological polar surface area (TPSA) is 127 Å². The van der Waals surface area contributed by atoms with E-state index in [2.05, 4.69) is 19.9 Å². The summed E-state index contributed by atoms with van der Waals surface area (Å²) in [4.78, 5) is 28.7. The average molecular weight is 492 g/mol. The number of benzene rings is 1. The Hall–Kier alpha value is -3.87. The van der Waals surface area contributed by atoms with E-state index >= 15 is 0 Å². The molecule has 0 atom stereocenters. The van der Waals surface area contributed by atoms with Crippen molar-refractivity contribution in [3.8, 4) is 11.6 Å². The summed E-state index contributed by atoms with van der Waals surface area (Å²) in [6, 6.07) is 5.55. The lowest BCUT2D eigenvalue weighted by Gasteiger charge is -2.38. The van der Waals surface area contributed by atoms with Crippen molar-refractivity contribution in [2.24, 2.45) is 5.73 Å². The molecular formula is C22H20F4N6O3. The third-order valence-corrected chi connectivity index (χ3v) is 5.48. The number of hydrogen-bond acceptors (Lipinski definition) is 8. The van der Waals surface area contributed by atoms with Gasteiger partial charge < -0.3 is 20.5 Å². The zero-order chi connectivity index (χ0) is 25.2. The van der Waals surface area contributed by atoms with E-state index < -0.39 is 35.1 Å². The molecule has 0 spiro atoms. The molecule has 184 valence electrons. The van der Waals surface area contributed by atoms with Crippen molar-refractivity contribution in [3.05, 3.63) is 65.6 Å². The lowest BCUT2D eigenvalue weighted by Crippen LogP contribution is -2.46. The fourth-order valence-electron chi connectivity index (χ4n) is 3.72. The van der Waals surface area contributed by atoms with Gasteiger partial charge in [-0.1, -0.05) is 6.07 Å². The van der Waals surface area contributed by atoms with Crippen LogP contribution in [0.1, 0.15) is 34.7 Å². The smallest absolute Gasteiger partial charge is 0.433 e. The maximum atomic E-state index is 13.5. The van der Waals surface area contributed by atoms with Crippen molar-refractivity contribution in [3.63, 3.8) is 0 Å². The van der Waals surface area contributed by atoms with E-state index in [1.165, 1.54) is 35.5 Å². The SMILES string of the molecule is NC(=O)c1nccnc1CC1(O)CCN(c2nc(Oc3cccc(F)c3)cc(C(F)(F)F)n2)CC1. The third kappa shape index (κ3) is 5.80. The second kappa shape index (κ2) is 9.41. The third-order valence-electron chi connectivity index (χ3n) is 5.48. The first kappa shape index (κ1) is 24.3. The Morgan fingerprint density at radius 1 is 1.14 bits per heavy atom. The highest BCUT2D eigenvalue weighted by Crippen LogP contribution is 2.34. The molecule has 9 nitrogen and oxygen atoms in total. The van der Waals surface area contributed by atoms with Crippen LogP contribution in [0.25, 0.3) is 0 Å². The van der Waals surface area contributed by atoms with Gasteiger partial charge in [-0.2, -0.15) is 18.2 Å². The predicted molar refractivity (Wildman–Crippen MR) is 114 cm³/mol. The van der Waals surface area contributed by atoms with Crippen LogP contribution in [0.4, 0.5) is 23.5 Å². The van der Waals surface area contributed by atoms with Crippen molar-refractivity contribution in [1.29, 1.82) is 0 Å². The summed E-state index contributed by atoms with van der Waals surface area (Å²) >= 11 is 0. The van der Waals surface area contributed by atoms with E-state index in [0.29, 0.717) is 6.07 Å². The summed E-state index contributed by atoms with van der Waals surface area (Å²) in [6.07, 6.45) is -1.85. The van der Waals surface area contributed by atoms with Crippen LogP contribution in [-0.2, 0) is 12.6 Å². The Bertz CT molecular complexity index is 1230. The molecule has 0 radical (unpaired) electrons. The Balaban J connectivity index is 1.54. The second-order valence-corrected chi connectivity index (χ2v) is 8.05. The Morgan fingerprint density at radius 3 is 2.51 bits per heavy atom. The molecule has 0 bridgehead atoms. The van der Waals surface area contributed by atoms with Crippen LogP contribution in [0, 0.1) is 5.82 Å². The highest BCUT2D eigenvalue weighted by molar-refractivity contribution is 5.91. The van der Waals surface area contributed by atoms with Crippen molar-refractivity contribution in [2.45, 2.75) is 31.0 Å². The molecule has 0 saturated carbocycles. The van der Waals surface area contributed by atoms with Gasteiger partial charge in [-0.3, -0.25) is 9.78 Å². The highest BCUT2D eigenvalue weighted by atomic mass is 19.4. The predicted octanol–water partition coefficient (Wildman–Crippen LogP) is 2.89. The van der Waals surface area contributed by atoms with Gasteiger partial charge in [0.2, 0.25) is 11.8 Å².